The molecule has 2 aromatic heterocycles. The highest BCUT2D eigenvalue weighted by atomic mass is 32.1. The lowest BCUT2D eigenvalue weighted by atomic mass is 10.1. The van der Waals surface area contributed by atoms with Gasteiger partial charge in [0.2, 0.25) is 11.0 Å². The van der Waals surface area contributed by atoms with Gasteiger partial charge in [0.1, 0.15) is 17.3 Å². The Labute approximate surface area is 173 Å². The van der Waals surface area contributed by atoms with Crippen molar-refractivity contribution >= 4 is 22.6 Å². The molecule has 1 aliphatic rings. The molecule has 7 nitrogen and oxygen atoms in total. The Hall–Kier alpha value is -2.87. The summed E-state index contributed by atoms with van der Waals surface area (Å²) in [7, 11) is 1.66. The highest BCUT2D eigenvalue weighted by molar-refractivity contribution is 7.09. The third-order valence-corrected chi connectivity index (χ3v) is 5.52. The van der Waals surface area contributed by atoms with Crippen LogP contribution in [0, 0.1) is 0 Å². The molecule has 29 heavy (non-hydrogen) atoms. The number of nitrogens with zero attached hydrogens (tertiary/aromatic N) is 3. The SMILES string of the molecule is COc1cccc(Cc2nsc(N(CCC(=O)NC3CC3)Cc3ccco3)n2)c1. The molecule has 1 saturated carbocycles. The second kappa shape index (κ2) is 9.09. The summed E-state index contributed by atoms with van der Waals surface area (Å²) in [6.45, 7) is 1.12. The van der Waals surface area contributed by atoms with E-state index in [-0.39, 0.29) is 5.91 Å². The van der Waals surface area contributed by atoms with Crippen molar-refractivity contribution < 1.29 is 13.9 Å². The molecule has 1 amide bonds. The number of rotatable bonds is 10. The molecule has 2 heterocycles. The number of hydrogen-bond acceptors (Lipinski definition) is 7. The molecule has 0 bridgehead atoms. The number of nitrogens with one attached hydrogen (secondary N) is 1. The third-order valence-electron chi connectivity index (χ3n) is 4.70. The highest BCUT2D eigenvalue weighted by Gasteiger charge is 2.24. The van der Waals surface area contributed by atoms with Crippen molar-refractivity contribution in [2.75, 3.05) is 18.6 Å². The Morgan fingerprint density at radius 1 is 1.34 bits per heavy atom. The van der Waals surface area contributed by atoms with E-state index in [9.17, 15) is 4.79 Å². The van der Waals surface area contributed by atoms with Gasteiger partial charge in [-0.1, -0.05) is 12.1 Å². The van der Waals surface area contributed by atoms with E-state index >= 15 is 0 Å². The number of anilines is 1. The van der Waals surface area contributed by atoms with Crippen LogP contribution in [-0.4, -0.2) is 35.0 Å². The molecule has 0 saturated heterocycles. The average molecular weight is 413 g/mol. The molecule has 0 spiro atoms. The van der Waals surface area contributed by atoms with Crippen molar-refractivity contribution in [3.8, 4) is 5.75 Å². The number of hydrogen-bond donors (Lipinski definition) is 1. The first-order chi connectivity index (χ1) is 14.2. The van der Waals surface area contributed by atoms with Crippen LogP contribution in [0.1, 0.15) is 36.4 Å². The predicted molar refractivity (Wildman–Crippen MR) is 111 cm³/mol. The Balaban J connectivity index is 1.43. The molecule has 1 fully saturated rings. The van der Waals surface area contributed by atoms with Gasteiger partial charge in [0.05, 0.1) is 19.9 Å². The van der Waals surface area contributed by atoms with Crippen molar-refractivity contribution in [2.45, 2.75) is 38.3 Å². The number of carbonyl (C=O) groups excluding carboxylic acids is 1. The Kier molecular flexibility index (Phi) is 6.09. The normalized spacial score (nSPS) is 13.3. The van der Waals surface area contributed by atoms with Gasteiger partial charge in [-0.25, -0.2) is 4.98 Å². The zero-order valence-corrected chi connectivity index (χ0v) is 17.2. The summed E-state index contributed by atoms with van der Waals surface area (Å²) in [5, 5.41) is 3.82. The quantitative estimate of drug-likeness (QED) is 0.550. The van der Waals surface area contributed by atoms with Gasteiger partial charge < -0.3 is 19.4 Å². The van der Waals surface area contributed by atoms with Gasteiger partial charge >= 0.3 is 0 Å². The van der Waals surface area contributed by atoms with E-state index in [4.69, 9.17) is 14.1 Å². The fraction of sp³-hybridized carbons (Fsp3) is 0.381. The number of benzene rings is 1. The van der Waals surface area contributed by atoms with Gasteiger partial charge in [-0.2, -0.15) is 4.37 Å². The minimum Gasteiger partial charge on any atom is -0.497 e. The number of aromatic nitrogens is 2. The maximum Gasteiger partial charge on any atom is 0.221 e. The number of methoxy groups -OCH3 is 1. The van der Waals surface area contributed by atoms with Gasteiger partial charge in [0.25, 0.3) is 0 Å². The van der Waals surface area contributed by atoms with E-state index in [0.717, 1.165) is 40.9 Å². The molecule has 8 heteroatoms. The smallest absolute Gasteiger partial charge is 0.221 e. The average Bonchev–Trinajstić information content (AvgIpc) is 3.18. The van der Waals surface area contributed by atoms with E-state index in [1.807, 2.05) is 36.4 Å². The standard InChI is InChI=1S/C21H24N4O3S/c1-27-17-5-2-4-15(12-17)13-19-23-21(29-24-19)25(14-18-6-3-11-28-18)10-9-20(26)22-16-7-8-16/h2-6,11-12,16H,7-10,13-14H2,1H3,(H,22,26). The van der Waals surface area contributed by atoms with Gasteiger partial charge in [-0.05, 0) is 42.7 Å². The molecule has 1 N–H and O–H groups in total. The van der Waals surface area contributed by atoms with E-state index in [0.29, 0.717) is 32.0 Å². The lowest BCUT2D eigenvalue weighted by Gasteiger charge is -2.19. The maximum atomic E-state index is 12.1. The molecule has 1 aliphatic carbocycles. The number of carbonyl (C=O) groups is 1. The van der Waals surface area contributed by atoms with Crippen LogP contribution in [0.25, 0.3) is 0 Å². The first-order valence-electron chi connectivity index (χ1n) is 9.72. The minimum absolute atomic E-state index is 0.0815. The summed E-state index contributed by atoms with van der Waals surface area (Å²) in [5.74, 6) is 2.49. The fourth-order valence-corrected chi connectivity index (χ4v) is 3.72. The van der Waals surface area contributed by atoms with E-state index < -0.39 is 0 Å². The largest absolute Gasteiger partial charge is 0.497 e. The maximum absolute atomic E-state index is 12.1. The molecule has 0 radical (unpaired) electrons. The van der Waals surface area contributed by atoms with Crippen molar-refractivity contribution in [1.82, 2.24) is 14.7 Å². The van der Waals surface area contributed by atoms with Crippen LogP contribution in [0.5, 0.6) is 5.75 Å². The first-order valence-corrected chi connectivity index (χ1v) is 10.5. The van der Waals surface area contributed by atoms with E-state index in [1.54, 1.807) is 13.4 Å². The summed E-state index contributed by atoms with van der Waals surface area (Å²) in [6, 6.07) is 12.1. The molecule has 152 valence electrons. The van der Waals surface area contributed by atoms with Crippen molar-refractivity contribution in [2.24, 2.45) is 0 Å². The molecule has 4 rings (SSSR count). The van der Waals surface area contributed by atoms with Crippen LogP contribution in [0.4, 0.5) is 5.13 Å². The van der Waals surface area contributed by atoms with Crippen molar-refractivity contribution in [1.29, 1.82) is 0 Å². The Bertz CT molecular complexity index is 937. The number of ether oxygens (including phenoxy) is 1. The van der Waals surface area contributed by atoms with Crippen LogP contribution < -0.4 is 15.0 Å². The second-order valence-corrected chi connectivity index (χ2v) is 7.84. The van der Waals surface area contributed by atoms with Gasteiger partial charge in [-0.15, -0.1) is 0 Å². The molecule has 1 aromatic carbocycles. The zero-order valence-electron chi connectivity index (χ0n) is 16.3. The summed E-state index contributed by atoms with van der Waals surface area (Å²) < 4.78 is 15.3. The molecule has 0 atom stereocenters. The highest BCUT2D eigenvalue weighted by Crippen LogP contribution is 2.23. The van der Waals surface area contributed by atoms with Crippen molar-refractivity contribution in [3.63, 3.8) is 0 Å². The second-order valence-electron chi connectivity index (χ2n) is 7.11. The lowest BCUT2D eigenvalue weighted by Crippen LogP contribution is -2.31. The Morgan fingerprint density at radius 3 is 3.00 bits per heavy atom. The van der Waals surface area contributed by atoms with Crippen LogP contribution in [0.3, 0.4) is 0 Å². The van der Waals surface area contributed by atoms with Crippen LogP contribution in [-0.2, 0) is 17.8 Å². The van der Waals surface area contributed by atoms with E-state index in [1.165, 1.54) is 11.5 Å². The molecular weight excluding hydrogens is 388 g/mol. The summed E-state index contributed by atoms with van der Waals surface area (Å²) in [6.07, 6.45) is 4.88. The summed E-state index contributed by atoms with van der Waals surface area (Å²) in [5.41, 5.74) is 1.09. The van der Waals surface area contributed by atoms with Crippen LogP contribution in [0.15, 0.2) is 47.1 Å². The monoisotopic (exact) mass is 412 g/mol. The fourth-order valence-electron chi connectivity index (χ4n) is 3.01. The third kappa shape index (κ3) is 5.57. The van der Waals surface area contributed by atoms with E-state index in [2.05, 4.69) is 14.6 Å². The van der Waals surface area contributed by atoms with Crippen molar-refractivity contribution in [3.05, 3.63) is 59.8 Å². The first kappa shape index (κ1) is 19.4. The predicted octanol–water partition coefficient (Wildman–Crippen LogP) is 3.41. The molecule has 3 aromatic rings. The summed E-state index contributed by atoms with van der Waals surface area (Å²) in [4.78, 5) is 18.9. The van der Waals surface area contributed by atoms with Gasteiger partial charge in [0, 0.05) is 37.0 Å². The number of furan rings is 1. The van der Waals surface area contributed by atoms with Gasteiger partial charge in [0.15, 0.2) is 0 Å². The van der Waals surface area contributed by atoms with Crippen LogP contribution >= 0.6 is 11.5 Å². The molecule has 0 aliphatic heterocycles. The number of amides is 1. The lowest BCUT2D eigenvalue weighted by molar-refractivity contribution is -0.121. The molecule has 0 unspecified atom stereocenters. The minimum atomic E-state index is 0.0815. The Morgan fingerprint density at radius 2 is 2.24 bits per heavy atom. The topological polar surface area (TPSA) is 80.5 Å². The van der Waals surface area contributed by atoms with Gasteiger partial charge in [-0.3, -0.25) is 4.79 Å². The molecular formula is C21H24N4O3S. The van der Waals surface area contributed by atoms with Crippen LogP contribution in [0.2, 0.25) is 0 Å². The zero-order chi connectivity index (χ0) is 20.1. The summed E-state index contributed by atoms with van der Waals surface area (Å²) >= 11 is 1.35.